The summed E-state index contributed by atoms with van der Waals surface area (Å²) < 4.78 is 1.10. The van der Waals surface area contributed by atoms with Gasteiger partial charge in [-0.15, -0.1) is 0 Å². The number of halogens is 1. The summed E-state index contributed by atoms with van der Waals surface area (Å²) in [5, 5.41) is 15.1. The Hall–Kier alpha value is -1.97. The molecule has 1 aromatic heterocycles. The molecule has 1 aliphatic carbocycles. The van der Waals surface area contributed by atoms with Crippen LogP contribution in [0.25, 0.3) is 0 Å². The molecule has 0 radical (unpaired) electrons. The van der Waals surface area contributed by atoms with Crippen LogP contribution in [0.3, 0.4) is 0 Å². The molecule has 1 aromatic carbocycles. The molecule has 2 aliphatic rings. The van der Waals surface area contributed by atoms with Gasteiger partial charge < -0.3 is 10.2 Å². The van der Waals surface area contributed by atoms with E-state index in [0.29, 0.717) is 5.82 Å². The van der Waals surface area contributed by atoms with E-state index < -0.39 is 0 Å². The Morgan fingerprint density at radius 3 is 2.61 bits per heavy atom. The molecule has 0 amide bonds. The van der Waals surface area contributed by atoms with Gasteiger partial charge in [-0.1, -0.05) is 20.8 Å². The summed E-state index contributed by atoms with van der Waals surface area (Å²) in [4.78, 5) is 22.3. The highest BCUT2D eigenvalue weighted by Crippen LogP contribution is 2.54. The van der Waals surface area contributed by atoms with Crippen molar-refractivity contribution in [3.63, 3.8) is 0 Å². The molecule has 1 N–H and O–H groups in total. The summed E-state index contributed by atoms with van der Waals surface area (Å²) in [5.41, 5.74) is 1.11. The minimum Gasteiger partial charge on any atom is -0.347 e. The van der Waals surface area contributed by atoms with E-state index in [0.717, 1.165) is 35.1 Å². The standard InChI is InChI=1S/C20H24IN5O2/c1-19(2)8-15-9-20(3,10-19)11-25(15)18-16(26(27)28)17(22-12-23-18)24-14-6-4-13(21)5-7-14/h4-7,12,15H,8-11H2,1-3H3,(H,22,23,24). The number of hydrogen-bond donors (Lipinski definition) is 1. The molecule has 2 fully saturated rings. The fourth-order valence-corrected chi connectivity index (χ4v) is 5.58. The summed E-state index contributed by atoms with van der Waals surface area (Å²) >= 11 is 2.23. The SMILES string of the molecule is CC1(C)CC2CC(C)(CN2c2ncnc(Nc3ccc(I)cc3)c2[N+](=O)[O-])C1. The molecule has 1 aliphatic heterocycles. The molecule has 8 heteroatoms. The molecule has 0 spiro atoms. The van der Waals surface area contributed by atoms with Crippen molar-refractivity contribution in [3.05, 3.63) is 44.3 Å². The summed E-state index contributed by atoms with van der Waals surface area (Å²) in [6.07, 6.45) is 4.62. The van der Waals surface area contributed by atoms with Gasteiger partial charge in [-0.05, 0) is 76.9 Å². The van der Waals surface area contributed by atoms with Crippen LogP contribution in [0.1, 0.15) is 40.0 Å². The summed E-state index contributed by atoms with van der Waals surface area (Å²) in [6, 6.07) is 7.94. The number of fused-ring (bicyclic) bond motifs is 2. The molecular formula is C20H24IN5O2. The number of hydrogen-bond acceptors (Lipinski definition) is 6. The van der Waals surface area contributed by atoms with Gasteiger partial charge in [0.1, 0.15) is 6.33 Å². The first-order valence-corrected chi connectivity index (χ1v) is 10.5. The zero-order valence-electron chi connectivity index (χ0n) is 16.3. The van der Waals surface area contributed by atoms with Crippen molar-refractivity contribution < 1.29 is 4.92 Å². The lowest BCUT2D eigenvalue weighted by Crippen LogP contribution is -2.35. The fraction of sp³-hybridized carbons (Fsp3) is 0.500. The number of nitrogens with one attached hydrogen (secondary N) is 1. The van der Waals surface area contributed by atoms with Gasteiger partial charge in [0.25, 0.3) is 0 Å². The van der Waals surface area contributed by atoms with Crippen molar-refractivity contribution in [1.29, 1.82) is 0 Å². The van der Waals surface area contributed by atoms with Gasteiger partial charge in [0.05, 0.1) is 4.92 Å². The maximum absolute atomic E-state index is 12.0. The van der Waals surface area contributed by atoms with Crippen LogP contribution in [0.15, 0.2) is 30.6 Å². The van der Waals surface area contributed by atoms with Crippen LogP contribution in [0, 0.1) is 24.5 Å². The molecule has 2 bridgehead atoms. The van der Waals surface area contributed by atoms with E-state index in [1.54, 1.807) is 0 Å². The van der Waals surface area contributed by atoms with Gasteiger partial charge in [0.15, 0.2) is 0 Å². The Bertz CT molecular complexity index is 917. The summed E-state index contributed by atoms with van der Waals surface area (Å²) in [6.45, 7) is 7.67. The van der Waals surface area contributed by atoms with Gasteiger partial charge >= 0.3 is 5.69 Å². The lowest BCUT2D eigenvalue weighted by molar-refractivity contribution is -0.383. The third kappa shape index (κ3) is 3.66. The third-order valence-corrected chi connectivity index (χ3v) is 6.50. The van der Waals surface area contributed by atoms with E-state index in [4.69, 9.17) is 0 Å². The number of nitrogens with zero attached hydrogens (tertiary/aromatic N) is 4. The highest BCUT2D eigenvalue weighted by Gasteiger charge is 2.51. The fourth-order valence-electron chi connectivity index (χ4n) is 5.22. The maximum atomic E-state index is 12.0. The highest BCUT2D eigenvalue weighted by molar-refractivity contribution is 14.1. The number of benzene rings is 1. The van der Waals surface area contributed by atoms with Crippen LogP contribution in [0.5, 0.6) is 0 Å². The Morgan fingerprint density at radius 2 is 1.93 bits per heavy atom. The lowest BCUT2D eigenvalue weighted by atomic mass is 9.65. The van der Waals surface area contributed by atoms with Gasteiger partial charge in [-0.3, -0.25) is 10.1 Å². The van der Waals surface area contributed by atoms with E-state index >= 15 is 0 Å². The zero-order chi connectivity index (χ0) is 20.1. The van der Waals surface area contributed by atoms with Gasteiger partial charge in [0.2, 0.25) is 11.6 Å². The topological polar surface area (TPSA) is 84.2 Å². The molecule has 2 aromatic rings. The van der Waals surface area contributed by atoms with Crippen molar-refractivity contribution in [2.45, 2.75) is 46.1 Å². The first-order valence-electron chi connectivity index (χ1n) is 9.45. The van der Waals surface area contributed by atoms with E-state index in [2.05, 4.69) is 63.5 Å². The second-order valence-electron chi connectivity index (χ2n) is 9.13. The summed E-state index contributed by atoms with van der Waals surface area (Å²) in [5.74, 6) is 0.668. The number of rotatable bonds is 4. The highest BCUT2D eigenvalue weighted by atomic mass is 127. The number of anilines is 3. The molecule has 148 valence electrons. The zero-order valence-corrected chi connectivity index (χ0v) is 18.4. The average molecular weight is 493 g/mol. The molecular weight excluding hydrogens is 469 g/mol. The average Bonchev–Trinajstić information content (AvgIpc) is 2.85. The van der Waals surface area contributed by atoms with Gasteiger partial charge in [-0.25, -0.2) is 9.97 Å². The molecule has 4 rings (SSSR count). The first-order chi connectivity index (χ1) is 13.2. The summed E-state index contributed by atoms with van der Waals surface area (Å²) in [7, 11) is 0. The normalized spacial score (nSPS) is 25.6. The van der Waals surface area contributed by atoms with Crippen molar-refractivity contribution in [2.75, 3.05) is 16.8 Å². The van der Waals surface area contributed by atoms with Crippen LogP contribution < -0.4 is 10.2 Å². The minimum atomic E-state index is -0.361. The quantitative estimate of drug-likeness (QED) is 0.361. The van der Waals surface area contributed by atoms with Gasteiger partial charge in [-0.2, -0.15) is 0 Å². The van der Waals surface area contributed by atoms with E-state index in [9.17, 15) is 10.1 Å². The van der Waals surface area contributed by atoms with Crippen LogP contribution in [-0.2, 0) is 0 Å². The lowest BCUT2D eigenvalue weighted by Gasteiger charge is -2.39. The van der Waals surface area contributed by atoms with E-state index in [1.807, 2.05) is 24.3 Å². The number of nitro groups is 1. The number of aromatic nitrogens is 2. The Balaban J connectivity index is 1.72. The molecule has 7 nitrogen and oxygen atoms in total. The Labute approximate surface area is 178 Å². The van der Waals surface area contributed by atoms with Crippen molar-refractivity contribution in [3.8, 4) is 0 Å². The maximum Gasteiger partial charge on any atom is 0.353 e. The Morgan fingerprint density at radius 1 is 1.21 bits per heavy atom. The molecule has 1 saturated carbocycles. The van der Waals surface area contributed by atoms with Gasteiger partial charge in [0, 0.05) is 21.8 Å². The van der Waals surface area contributed by atoms with Crippen LogP contribution in [-0.4, -0.2) is 27.5 Å². The van der Waals surface area contributed by atoms with Crippen LogP contribution >= 0.6 is 22.6 Å². The van der Waals surface area contributed by atoms with Crippen molar-refractivity contribution in [1.82, 2.24) is 9.97 Å². The molecule has 28 heavy (non-hydrogen) atoms. The predicted octanol–water partition coefficient (Wildman–Crippen LogP) is 5.14. The largest absolute Gasteiger partial charge is 0.353 e. The second-order valence-corrected chi connectivity index (χ2v) is 10.4. The van der Waals surface area contributed by atoms with Crippen LogP contribution in [0.2, 0.25) is 0 Å². The second kappa shape index (κ2) is 6.82. The smallest absolute Gasteiger partial charge is 0.347 e. The van der Waals surface area contributed by atoms with E-state index in [1.165, 1.54) is 6.33 Å². The molecule has 1 saturated heterocycles. The van der Waals surface area contributed by atoms with Crippen molar-refractivity contribution in [2.24, 2.45) is 10.8 Å². The molecule has 2 atom stereocenters. The van der Waals surface area contributed by atoms with Crippen LogP contribution in [0.4, 0.5) is 23.0 Å². The predicted molar refractivity (Wildman–Crippen MR) is 118 cm³/mol. The first kappa shape index (κ1) is 19.4. The monoisotopic (exact) mass is 493 g/mol. The van der Waals surface area contributed by atoms with Crippen molar-refractivity contribution >= 4 is 45.6 Å². The molecule has 2 heterocycles. The Kier molecular flexibility index (Phi) is 4.71. The molecule has 2 unspecified atom stereocenters. The van der Waals surface area contributed by atoms with E-state index in [-0.39, 0.29) is 33.3 Å². The third-order valence-electron chi connectivity index (χ3n) is 5.78. The minimum absolute atomic E-state index is 0.0463.